The zero-order valence-corrected chi connectivity index (χ0v) is 14.8. The van der Waals surface area contributed by atoms with Crippen molar-refractivity contribution in [2.24, 2.45) is 0 Å². The third-order valence-electron chi connectivity index (χ3n) is 4.98. The van der Waals surface area contributed by atoms with Crippen LogP contribution in [0.3, 0.4) is 0 Å². The zero-order valence-electron chi connectivity index (χ0n) is 14.8. The van der Waals surface area contributed by atoms with Crippen LogP contribution in [0.15, 0.2) is 42.5 Å². The molecule has 126 valence electrons. The second kappa shape index (κ2) is 7.08. The van der Waals surface area contributed by atoms with Gasteiger partial charge in [-0.2, -0.15) is 0 Å². The molecule has 3 heteroatoms. The molecule has 0 radical (unpaired) electrons. The Morgan fingerprint density at radius 2 is 2.00 bits per heavy atom. The van der Waals surface area contributed by atoms with E-state index < -0.39 is 0 Å². The first-order valence-corrected chi connectivity index (χ1v) is 8.83. The van der Waals surface area contributed by atoms with Gasteiger partial charge in [0.05, 0.1) is 6.54 Å². The third kappa shape index (κ3) is 3.30. The number of fused-ring (bicyclic) bond motifs is 1. The van der Waals surface area contributed by atoms with Crippen molar-refractivity contribution in [1.29, 1.82) is 0 Å². The van der Waals surface area contributed by atoms with Crippen molar-refractivity contribution in [3.05, 3.63) is 59.2 Å². The Kier molecular flexibility index (Phi) is 4.89. The van der Waals surface area contributed by atoms with Gasteiger partial charge >= 0.3 is 0 Å². The average molecular weight is 322 g/mol. The minimum absolute atomic E-state index is 0.0579. The van der Waals surface area contributed by atoms with Gasteiger partial charge in [-0.05, 0) is 55.9 Å². The Morgan fingerprint density at radius 1 is 1.21 bits per heavy atom. The van der Waals surface area contributed by atoms with Crippen molar-refractivity contribution in [3.63, 3.8) is 0 Å². The van der Waals surface area contributed by atoms with E-state index in [1.165, 1.54) is 16.8 Å². The van der Waals surface area contributed by atoms with Gasteiger partial charge in [0, 0.05) is 17.4 Å². The summed E-state index contributed by atoms with van der Waals surface area (Å²) in [6.07, 6.45) is 3.10. The van der Waals surface area contributed by atoms with Crippen LogP contribution in [-0.2, 0) is 17.6 Å². The smallest absolute Gasteiger partial charge is 0.243 e. The summed E-state index contributed by atoms with van der Waals surface area (Å²) in [5, 5.41) is 3.15. The molecule has 1 aliphatic rings. The largest absolute Gasteiger partial charge is 0.359 e. The number of hydrogen-bond acceptors (Lipinski definition) is 2. The van der Waals surface area contributed by atoms with E-state index in [1.54, 1.807) is 0 Å². The number of amides is 1. The molecule has 0 fully saturated rings. The van der Waals surface area contributed by atoms with Crippen molar-refractivity contribution >= 4 is 17.3 Å². The molecule has 2 aromatic rings. The molecule has 3 nitrogen and oxygen atoms in total. The first kappa shape index (κ1) is 16.6. The number of benzene rings is 2. The molecule has 0 saturated heterocycles. The summed E-state index contributed by atoms with van der Waals surface area (Å²) in [6, 6.07) is 15.0. The molecule has 0 aromatic heterocycles. The number of nitrogens with one attached hydrogen (secondary N) is 1. The molecule has 0 saturated carbocycles. The summed E-state index contributed by atoms with van der Waals surface area (Å²) in [7, 11) is 0. The number of para-hydroxylation sites is 2. The van der Waals surface area contributed by atoms with Crippen LogP contribution in [0.5, 0.6) is 0 Å². The van der Waals surface area contributed by atoms with Crippen LogP contribution in [0, 0.1) is 6.92 Å². The number of carbonyl (C=O) groups is 1. The first-order valence-electron chi connectivity index (χ1n) is 8.83. The van der Waals surface area contributed by atoms with Gasteiger partial charge in [-0.25, -0.2) is 0 Å². The van der Waals surface area contributed by atoms with E-state index in [0.717, 1.165) is 30.5 Å². The number of aryl methyl sites for hydroxylation is 3. The number of nitrogens with zero attached hydrogens (tertiary/aromatic N) is 1. The number of rotatable bonds is 4. The monoisotopic (exact) mass is 322 g/mol. The Balaban J connectivity index is 1.79. The fourth-order valence-electron chi connectivity index (χ4n) is 3.54. The highest BCUT2D eigenvalue weighted by Gasteiger charge is 2.24. The summed E-state index contributed by atoms with van der Waals surface area (Å²) in [6.45, 7) is 6.77. The van der Waals surface area contributed by atoms with Crippen LogP contribution in [0.2, 0.25) is 0 Å². The van der Waals surface area contributed by atoms with E-state index >= 15 is 0 Å². The van der Waals surface area contributed by atoms with Gasteiger partial charge in [0.15, 0.2) is 0 Å². The van der Waals surface area contributed by atoms with E-state index in [0.29, 0.717) is 12.6 Å². The second-order valence-corrected chi connectivity index (χ2v) is 6.66. The molecule has 1 heterocycles. The topological polar surface area (TPSA) is 32.3 Å². The summed E-state index contributed by atoms with van der Waals surface area (Å²) in [4.78, 5) is 14.9. The molecule has 0 spiro atoms. The molecule has 3 rings (SSSR count). The van der Waals surface area contributed by atoms with Gasteiger partial charge in [-0.1, -0.05) is 43.3 Å². The van der Waals surface area contributed by atoms with Crippen LogP contribution in [0.1, 0.15) is 37.0 Å². The summed E-state index contributed by atoms with van der Waals surface area (Å²) >= 11 is 0. The van der Waals surface area contributed by atoms with Crippen molar-refractivity contribution < 1.29 is 4.79 Å². The fraction of sp³-hybridized carbons (Fsp3) is 0.381. The number of hydrogen-bond donors (Lipinski definition) is 1. The summed E-state index contributed by atoms with van der Waals surface area (Å²) < 4.78 is 0. The molecule has 1 atom stereocenters. The molecule has 1 amide bonds. The Labute approximate surface area is 144 Å². The minimum atomic E-state index is 0.0579. The van der Waals surface area contributed by atoms with Crippen LogP contribution < -0.4 is 10.2 Å². The lowest BCUT2D eigenvalue weighted by Gasteiger charge is -2.36. The van der Waals surface area contributed by atoms with Gasteiger partial charge < -0.3 is 10.2 Å². The van der Waals surface area contributed by atoms with Crippen molar-refractivity contribution in [1.82, 2.24) is 0 Å². The summed E-state index contributed by atoms with van der Waals surface area (Å²) in [5.41, 5.74) is 5.83. The molecule has 24 heavy (non-hydrogen) atoms. The maximum absolute atomic E-state index is 12.7. The van der Waals surface area contributed by atoms with Gasteiger partial charge in [-0.3, -0.25) is 4.79 Å². The second-order valence-electron chi connectivity index (χ2n) is 6.66. The first-order chi connectivity index (χ1) is 11.6. The standard InChI is InChI=1S/C21H26N2O/c1-4-17-10-7-8-15(2)21(17)22-20(24)14-23-16(3)12-13-18-9-5-6-11-19(18)23/h5-11,16H,4,12-14H2,1-3H3,(H,22,24)/t16-/m0/s1. The maximum atomic E-state index is 12.7. The molecule has 0 aliphatic carbocycles. The van der Waals surface area contributed by atoms with Crippen molar-refractivity contribution in [3.8, 4) is 0 Å². The molecule has 1 N–H and O–H groups in total. The van der Waals surface area contributed by atoms with Crippen LogP contribution >= 0.6 is 0 Å². The molecule has 2 aromatic carbocycles. The molecule has 1 aliphatic heterocycles. The van der Waals surface area contributed by atoms with Crippen molar-refractivity contribution in [2.45, 2.75) is 46.1 Å². The van der Waals surface area contributed by atoms with Crippen LogP contribution in [0.25, 0.3) is 0 Å². The van der Waals surface area contributed by atoms with E-state index in [4.69, 9.17) is 0 Å². The lowest BCUT2D eigenvalue weighted by molar-refractivity contribution is -0.115. The predicted molar refractivity (Wildman–Crippen MR) is 101 cm³/mol. The van der Waals surface area contributed by atoms with Crippen LogP contribution in [-0.4, -0.2) is 18.5 Å². The highest BCUT2D eigenvalue weighted by Crippen LogP contribution is 2.30. The van der Waals surface area contributed by atoms with Crippen molar-refractivity contribution in [2.75, 3.05) is 16.8 Å². The third-order valence-corrected chi connectivity index (χ3v) is 4.98. The molecular weight excluding hydrogens is 296 g/mol. The van der Waals surface area contributed by atoms with E-state index in [9.17, 15) is 4.79 Å². The van der Waals surface area contributed by atoms with Crippen LogP contribution in [0.4, 0.5) is 11.4 Å². The quantitative estimate of drug-likeness (QED) is 0.908. The maximum Gasteiger partial charge on any atom is 0.243 e. The summed E-state index contributed by atoms with van der Waals surface area (Å²) in [5.74, 6) is 0.0579. The predicted octanol–water partition coefficient (Wildman–Crippen LogP) is 4.34. The molecule has 0 unspecified atom stereocenters. The Morgan fingerprint density at radius 3 is 2.79 bits per heavy atom. The molecule has 0 bridgehead atoms. The Hall–Kier alpha value is -2.29. The highest BCUT2D eigenvalue weighted by molar-refractivity contribution is 5.95. The normalized spacial score (nSPS) is 16.6. The lowest BCUT2D eigenvalue weighted by Crippen LogP contribution is -2.42. The van der Waals surface area contributed by atoms with Gasteiger partial charge in [0.1, 0.15) is 0 Å². The van der Waals surface area contributed by atoms with E-state index in [1.807, 2.05) is 19.1 Å². The lowest BCUT2D eigenvalue weighted by atomic mass is 9.96. The van der Waals surface area contributed by atoms with E-state index in [-0.39, 0.29) is 5.91 Å². The SMILES string of the molecule is CCc1cccc(C)c1NC(=O)CN1c2ccccc2CC[C@@H]1C. The highest BCUT2D eigenvalue weighted by atomic mass is 16.2. The Bertz CT molecular complexity index is 738. The number of carbonyl (C=O) groups excluding carboxylic acids is 1. The van der Waals surface area contributed by atoms with Gasteiger partial charge in [0.25, 0.3) is 0 Å². The zero-order chi connectivity index (χ0) is 17.1. The van der Waals surface area contributed by atoms with E-state index in [2.05, 4.69) is 54.4 Å². The van der Waals surface area contributed by atoms with Gasteiger partial charge in [0.2, 0.25) is 5.91 Å². The van der Waals surface area contributed by atoms with Gasteiger partial charge in [-0.15, -0.1) is 0 Å². The molecular formula is C21H26N2O. The fourth-order valence-corrected chi connectivity index (χ4v) is 3.54. The number of anilines is 2. The minimum Gasteiger partial charge on any atom is -0.359 e. The average Bonchev–Trinajstić information content (AvgIpc) is 2.59.